The van der Waals surface area contributed by atoms with Crippen LogP contribution in [-0.2, 0) is 4.74 Å². The van der Waals surface area contributed by atoms with Crippen molar-refractivity contribution in [2.75, 3.05) is 26.2 Å². The molecule has 6 nitrogen and oxygen atoms in total. The fourth-order valence-corrected chi connectivity index (χ4v) is 2.19. The Morgan fingerprint density at radius 1 is 1.27 bits per heavy atom. The number of hydrogen-bond donors (Lipinski definition) is 3. The van der Waals surface area contributed by atoms with Gasteiger partial charge in [-0.3, -0.25) is 4.99 Å². The minimum absolute atomic E-state index is 0.00423. The lowest BCUT2D eigenvalue weighted by atomic mass is 10.0. The van der Waals surface area contributed by atoms with Crippen LogP contribution >= 0.6 is 0 Å². The number of ether oxygens (including phenoxy) is 1. The zero-order chi connectivity index (χ0) is 16.4. The highest BCUT2D eigenvalue weighted by molar-refractivity contribution is 5.79. The molecule has 0 spiro atoms. The Morgan fingerprint density at radius 2 is 2.00 bits per heavy atom. The van der Waals surface area contributed by atoms with E-state index in [-0.39, 0.29) is 12.1 Å². The first-order valence-corrected chi connectivity index (χ1v) is 8.50. The monoisotopic (exact) mass is 312 g/mol. The van der Waals surface area contributed by atoms with Gasteiger partial charge in [0.25, 0.3) is 0 Å². The predicted octanol–water partition coefficient (Wildman–Crippen LogP) is 2.11. The molecule has 1 rings (SSSR count). The van der Waals surface area contributed by atoms with Crippen molar-refractivity contribution in [3.05, 3.63) is 0 Å². The van der Waals surface area contributed by atoms with E-state index in [1.165, 1.54) is 12.8 Å². The van der Waals surface area contributed by atoms with E-state index in [2.05, 4.69) is 41.7 Å². The van der Waals surface area contributed by atoms with Crippen molar-refractivity contribution in [2.24, 2.45) is 16.8 Å². The molecule has 1 atom stereocenters. The first-order chi connectivity index (χ1) is 10.5. The molecule has 0 radical (unpaired) electrons. The molecule has 0 aromatic rings. The number of aliphatic imine (C=N–C) groups is 1. The van der Waals surface area contributed by atoms with Crippen LogP contribution in [0.3, 0.4) is 0 Å². The number of amides is 1. The number of alkyl carbamates (subject to hydrolysis) is 1. The molecule has 3 N–H and O–H groups in total. The molecule has 0 bridgehead atoms. The molecule has 1 aliphatic carbocycles. The number of rotatable bonds is 9. The normalized spacial score (nSPS) is 16.3. The van der Waals surface area contributed by atoms with Crippen molar-refractivity contribution in [1.29, 1.82) is 0 Å². The van der Waals surface area contributed by atoms with Gasteiger partial charge in [-0.25, -0.2) is 4.79 Å². The van der Waals surface area contributed by atoms with Gasteiger partial charge in [0, 0.05) is 13.1 Å². The minimum atomic E-state index is -0.362. The standard InChI is InChI=1S/C16H32N4O2/c1-5-17-15(18-10-13-7-8-13)19-11-14(9-12(3)4)20-16(21)22-6-2/h12-14H,5-11H2,1-4H3,(H,20,21)(H2,17,18,19). The van der Waals surface area contributed by atoms with Crippen LogP contribution in [0.5, 0.6) is 0 Å². The third-order valence-electron chi connectivity index (χ3n) is 3.42. The van der Waals surface area contributed by atoms with Crippen LogP contribution in [0.2, 0.25) is 0 Å². The van der Waals surface area contributed by atoms with Gasteiger partial charge in [0.2, 0.25) is 0 Å². The summed E-state index contributed by atoms with van der Waals surface area (Å²) in [7, 11) is 0. The van der Waals surface area contributed by atoms with Gasteiger partial charge < -0.3 is 20.7 Å². The molecule has 1 aliphatic rings. The Kier molecular flexibility index (Phi) is 8.70. The second kappa shape index (κ2) is 10.3. The van der Waals surface area contributed by atoms with Gasteiger partial charge in [-0.2, -0.15) is 0 Å². The highest BCUT2D eigenvalue weighted by Crippen LogP contribution is 2.27. The number of carbonyl (C=O) groups excluding carboxylic acids is 1. The molecule has 0 aromatic heterocycles. The third-order valence-corrected chi connectivity index (χ3v) is 3.42. The number of guanidine groups is 1. The maximum absolute atomic E-state index is 11.6. The van der Waals surface area contributed by atoms with Gasteiger partial charge >= 0.3 is 6.09 Å². The van der Waals surface area contributed by atoms with E-state index in [0.717, 1.165) is 31.4 Å². The summed E-state index contributed by atoms with van der Waals surface area (Å²) < 4.78 is 4.97. The average molecular weight is 312 g/mol. The van der Waals surface area contributed by atoms with Crippen LogP contribution < -0.4 is 16.0 Å². The van der Waals surface area contributed by atoms with E-state index in [9.17, 15) is 4.79 Å². The zero-order valence-corrected chi connectivity index (χ0v) is 14.4. The maximum Gasteiger partial charge on any atom is 0.407 e. The van der Waals surface area contributed by atoms with Crippen molar-refractivity contribution in [1.82, 2.24) is 16.0 Å². The molecule has 1 fully saturated rings. The first-order valence-electron chi connectivity index (χ1n) is 8.50. The zero-order valence-electron chi connectivity index (χ0n) is 14.4. The summed E-state index contributed by atoms with van der Waals surface area (Å²) in [4.78, 5) is 16.2. The van der Waals surface area contributed by atoms with E-state index >= 15 is 0 Å². The lowest BCUT2D eigenvalue weighted by Gasteiger charge is -2.19. The summed E-state index contributed by atoms with van der Waals surface area (Å²) >= 11 is 0. The van der Waals surface area contributed by atoms with Gasteiger partial charge in [-0.05, 0) is 44.9 Å². The highest BCUT2D eigenvalue weighted by atomic mass is 16.5. The minimum Gasteiger partial charge on any atom is -0.450 e. The van der Waals surface area contributed by atoms with Gasteiger partial charge in [0.15, 0.2) is 5.96 Å². The lowest BCUT2D eigenvalue weighted by molar-refractivity contribution is 0.147. The van der Waals surface area contributed by atoms with Crippen LogP contribution in [0.1, 0.15) is 47.0 Å². The molecule has 0 saturated heterocycles. The summed E-state index contributed by atoms with van der Waals surface area (Å²) in [5.41, 5.74) is 0. The Morgan fingerprint density at radius 3 is 2.55 bits per heavy atom. The van der Waals surface area contributed by atoms with E-state index in [4.69, 9.17) is 4.74 Å². The quantitative estimate of drug-likeness (QED) is 0.450. The average Bonchev–Trinajstić information content (AvgIpc) is 3.25. The predicted molar refractivity (Wildman–Crippen MR) is 90.1 cm³/mol. The summed E-state index contributed by atoms with van der Waals surface area (Å²) in [6, 6.07) is -0.00423. The second-order valence-electron chi connectivity index (χ2n) is 6.24. The molecule has 1 unspecified atom stereocenters. The van der Waals surface area contributed by atoms with E-state index < -0.39 is 0 Å². The second-order valence-corrected chi connectivity index (χ2v) is 6.24. The number of nitrogens with one attached hydrogen (secondary N) is 3. The van der Waals surface area contributed by atoms with Crippen molar-refractivity contribution in [2.45, 2.75) is 53.0 Å². The molecular weight excluding hydrogens is 280 g/mol. The molecule has 22 heavy (non-hydrogen) atoms. The topological polar surface area (TPSA) is 74.8 Å². The van der Waals surface area contributed by atoms with Gasteiger partial charge in [0.05, 0.1) is 19.2 Å². The van der Waals surface area contributed by atoms with E-state index in [1.54, 1.807) is 6.92 Å². The number of carbonyl (C=O) groups is 1. The summed E-state index contributed by atoms with van der Waals surface area (Å²) in [6.45, 7) is 10.9. The van der Waals surface area contributed by atoms with Crippen molar-refractivity contribution >= 4 is 12.1 Å². The molecule has 6 heteroatoms. The molecule has 1 saturated carbocycles. The Balaban J connectivity index is 2.50. The SMILES string of the molecule is CCNC(=NCC(CC(C)C)NC(=O)OCC)NCC1CC1. The largest absolute Gasteiger partial charge is 0.450 e. The summed E-state index contributed by atoms with van der Waals surface area (Å²) in [6.07, 6.45) is 3.14. The first kappa shape index (κ1) is 18.6. The van der Waals surface area contributed by atoms with Crippen LogP contribution in [-0.4, -0.2) is 44.3 Å². The van der Waals surface area contributed by atoms with E-state index in [1.807, 2.05) is 0 Å². The van der Waals surface area contributed by atoms with Crippen LogP contribution in [0.15, 0.2) is 4.99 Å². The van der Waals surface area contributed by atoms with Crippen molar-refractivity contribution < 1.29 is 9.53 Å². The molecule has 1 amide bonds. The molecule has 0 aromatic carbocycles. The summed E-state index contributed by atoms with van der Waals surface area (Å²) in [5, 5.41) is 9.51. The maximum atomic E-state index is 11.6. The smallest absolute Gasteiger partial charge is 0.407 e. The molecule has 128 valence electrons. The van der Waals surface area contributed by atoms with E-state index in [0.29, 0.717) is 19.1 Å². The molecular formula is C16H32N4O2. The van der Waals surface area contributed by atoms with Gasteiger partial charge in [0.1, 0.15) is 0 Å². The lowest BCUT2D eigenvalue weighted by Crippen LogP contribution is -2.42. The summed E-state index contributed by atoms with van der Waals surface area (Å²) in [5.74, 6) is 2.12. The van der Waals surface area contributed by atoms with Crippen LogP contribution in [0, 0.1) is 11.8 Å². The van der Waals surface area contributed by atoms with Crippen molar-refractivity contribution in [3.63, 3.8) is 0 Å². The van der Waals surface area contributed by atoms with Crippen molar-refractivity contribution in [3.8, 4) is 0 Å². The van der Waals surface area contributed by atoms with Crippen LogP contribution in [0.25, 0.3) is 0 Å². The Labute approximate surface area is 134 Å². The number of hydrogen-bond acceptors (Lipinski definition) is 3. The highest BCUT2D eigenvalue weighted by Gasteiger charge is 2.21. The number of nitrogens with zero attached hydrogens (tertiary/aromatic N) is 1. The third kappa shape index (κ3) is 8.74. The molecule has 0 heterocycles. The fraction of sp³-hybridized carbons (Fsp3) is 0.875. The fourth-order valence-electron chi connectivity index (χ4n) is 2.19. The van der Waals surface area contributed by atoms with Crippen LogP contribution in [0.4, 0.5) is 4.79 Å². The molecule has 0 aliphatic heterocycles. The van der Waals surface area contributed by atoms with Gasteiger partial charge in [-0.1, -0.05) is 13.8 Å². The van der Waals surface area contributed by atoms with Gasteiger partial charge in [-0.15, -0.1) is 0 Å². The Bertz CT molecular complexity index is 354. The Hall–Kier alpha value is -1.46.